The maximum absolute atomic E-state index is 14.1. The molecule has 0 bridgehead atoms. The number of pyridine rings is 2. The Kier molecular flexibility index (Phi) is 12.7. The third kappa shape index (κ3) is 10.6. The molecule has 57 heavy (non-hydrogen) atoms. The number of fused-ring (bicyclic) bond motifs is 4. The molecular formula is C44H48N6O7. The highest BCUT2D eigenvalue weighted by Gasteiger charge is 2.31. The van der Waals surface area contributed by atoms with E-state index in [1.165, 1.54) is 6.07 Å². The van der Waals surface area contributed by atoms with Crippen LogP contribution in [-0.4, -0.2) is 64.8 Å². The molecule has 13 nitrogen and oxygen atoms in total. The number of aryl methyl sites for hydroxylation is 1. The first-order valence-corrected chi connectivity index (χ1v) is 19.1. The van der Waals surface area contributed by atoms with Crippen LogP contribution < -0.4 is 26.8 Å². The van der Waals surface area contributed by atoms with Crippen LogP contribution in [0.4, 0.5) is 15.3 Å². The number of benzene rings is 3. The molecule has 1 aliphatic carbocycles. The van der Waals surface area contributed by atoms with E-state index in [0.29, 0.717) is 30.6 Å². The average Bonchev–Trinajstić information content (AvgIpc) is 3.49. The van der Waals surface area contributed by atoms with Crippen LogP contribution in [0.1, 0.15) is 68.2 Å². The lowest BCUT2D eigenvalue weighted by atomic mass is 9.98. The number of hydrogen-bond donors (Lipinski definition) is 5. The number of unbranched alkanes of at least 4 members (excludes halogenated alkanes) is 1. The summed E-state index contributed by atoms with van der Waals surface area (Å²) in [6, 6.07) is 24.1. The van der Waals surface area contributed by atoms with E-state index in [-0.39, 0.29) is 30.9 Å². The summed E-state index contributed by atoms with van der Waals surface area (Å²) in [4.78, 5) is 72.6. The quantitative estimate of drug-likeness (QED) is 0.0794. The van der Waals surface area contributed by atoms with Gasteiger partial charge in [0, 0.05) is 48.4 Å². The topological polar surface area (TPSA) is 181 Å². The number of carbonyl (C=O) groups excluding carboxylic acids is 4. The number of anilines is 1. The maximum atomic E-state index is 14.1. The Morgan fingerprint density at radius 2 is 1.49 bits per heavy atom. The minimum absolute atomic E-state index is 0.0579. The summed E-state index contributed by atoms with van der Waals surface area (Å²) >= 11 is 0. The van der Waals surface area contributed by atoms with E-state index in [9.17, 15) is 24.0 Å². The standard InChI is InChI=1S/C44H48N6O7/c1-27-23-39(51)48-37-25-29(16-17-30(27)37)47-40(52)36(15-9-10-20-46-42(54)57-44(2,3)4)49-41(53)38(24-28-18-21-45-22-19-28)50-43(55)56-26-35-33-13-7-5-11-31(33)32-12-6-8-14-34(32)35/h5-8,11-14,16-19,21-23,25,35-36,38H,9-10,15,20,24,26H2,1-4H3,(H,46,54)(H,47,52)(H,48,51)(H,49,53)(H,50,55)/t36-,38-/m0/s1. The number of nitrogens with zero attached hydrogens (tertiary/aromatic N) is 1. The lowest BCUT2D eigenvalue weighted by Gasteiger charge is -2.24. The molecule has 0 spiro atoms. The van der Waals surface area contributed by atoms with Crippen molar-refractivity contribution in [2.45, 2.75) is 77.0 Å². The Morgan fingerprint density at radius 1 is 0.807 bits per heavy atom. The van der Waals surface area contributed by atoms with Crippen molar-refractivity contribution >= 4 is 40.6 Å². The van der Waals surface area contributed by atoms with Gasteiger partial charge in [-0.25, -0.2) is 9.59 Å². The van der Waals surface area contributed by atoms with Crippen molar-refractivity contribution in [3.05, 3.63) is 130 Å². The molecular weight excluding hydrogens is 725 g/mol. The molecule has 6 rings (SSSR count). The van der Waals surface area contributed by atoms with Crippen molar-refractivity contribution in [2.24, 2.45) is 0 Å². The van der Waals surface area contributed by atoms with Crippen LogP contribution in [0, 0.1) is 6.92 Å². The summed E-state index contributed by atoms with van der Waals surface area (Å²) in [6.45, 7) is 7.51. The molecule has 1 aliphatic rings. The highest BCUT2D eigenvalue weighted by Crippen LogP contribution is 2.44. The van der Waals surface area contributed by atoms with Crippen molar-refractivity contribution in [1.82, 2.24) is 25.9 Å². The summed E-state index contributed by atoms with van der Waals surface area (Å²) in [6.07, 6.45) is 3.12. The van der Waals surface area contributed by atoms with Crippen LogP contribution in [0.3, 0.4) is 0 Å². The van der Waals surface area contributed by atoms with Crippen molar-refractivity contribution in [1.29, 1.82) is 0 Å². The first kappa shape index (κ1) is 40.2. The van der Waals surface area contributed by atoms with E-state index in [1.54, 1.807) is 63.5 Å². The van der Waals surface area contributed by atoms with Gasteiger partial charge in [0.25, 0.3) is 0 Å². The highest BCUT2D eigenvalue weighted by molar-refractivity contribution is 5.99. The van der Waals surface area contributed by atoms with Gasteiger partial charge in [-0.2, -0.15) is 0 Å². The number of hydrogen-bond acceptors (Lipinski definition) is 8. The second kappa shape index (κ2) is 18.0. The highest BCUT2D eigenvalue weighted by atomic mass is 16.6. The molecule has 0 fully saturated rings. The number of rotatable bonds is 14. The molecule has 0 aliphatic heterocycles. The van der Waals surface area contributed by atoms with E-state index in [4.69, 9.17) is 9.47 Å². The predicted octanol–water partition coefficient (Wildman–Crippen LogP) is 6.50. The molecule has 5 N–H and O–H groups in total. The van der Waals surface area contributed by atoms with Gasteiger partial charge < -0.3 is 35.7 Å². The number of aromatic amines is 1. The maximum Gasteiger partial charge on any atom is 0.407 e. The van der Waals surface area contributed by atoms with Crippen LogP contribution in [0.2, 0.25) is 0 Å². The van der Waals surface area contributed by atoms with E-state index in [2.05, 4.69) is 43.4 Å². The van der Waals surface area contributed by atoms with Crippen LogP contribution in [0.5, 0.6) is 0 Å². The minimum atomic E-state index is -1.11. The number of alkyl carbamates (subject to hydrolysis) is 2. The van der Waals surface area contributed by atoms with Crippen LogP contribution in [-0.2, 0) is 25.5 Å². The first-order chi connectivity index (χ1) is 27.3. The van der Waals surface area contributed by atoms with E-state index < -0.39 is 41.7 Å². The summed E-state index contributed by atoms with van der Waals surface area (Å²) in [5.74, 6) is -1.27. The molecule has 13 heteroatoms. The van der Waals surface area contributed by atoms with Gasteiger partial charge in [0.1, 0.15) is 24.3 Å². The number of H-pyrrole nitrogens is 1. The summed E-state index contributed by atoms with van der Waals surface area (Å²) in [5.41, 5.74) is 5.88. The van der Waals surface area contributed by atoms with E-state index in [1.807, 2.05) is 43.3 Å². The number of carbonyl (C=O) groups is 4. The number of ether oxygens (including phenoxy) is 2. The monoisotopic (exact) mass is 772 g/mol. The second-order valence-electron chi connectivity index (χ2n) is 15.1. The Hall–Kier alpha value is -6.50. The molecule has 2 heterocycles. The fraction of sp³-hybridized carbons (Fsp3) is 0.318. The normalized spacial score (nSPS) is 13.1. The van der Waals surface area contributed by atoms with Gasteiger partial charge >= 0.3 is 12.2 Å². The fourth-order valence-electron chi connectivity index (χ4n) is 7.01. The van der Waals surface area contributed by atoms with Gasteiger partial charge in [0.15, 0.2) is 0 Å². The van der Waals surface area contributed by atoms with Crippen molar-refractivity contribution < 1.29 is 28.7 Å². The van der Waals surface area contributed by atoms with Crippen LogP contribution in [0.15, 0.2) is 102 Å². The van der Waals surface area contributed by atoms with Crippen molar-refractivity contribution in [3.63, 3.8) is 0 Å². The van der Waals surface area contributed by atoms with Gasteiger partial charge in [-0.15, -0.1) is 0 Å². The molecule has 296 valence electrons. The molecule has 2 atom stereocenters. The molecule has 4 amide bonds. The summed E-state index contributed by atoms with van der Waals surface area (Å²) in [7, 11) is 0. The zero-order chi connectivity index (χ0) is 40.5. The van der Waals surface area contributed by atoms with Gasteiger partial charge in [-0.3, -0.25) is 19.4 Å². The molecule has 0 saturated carbocycles. The summed E-state index contributed by atoms with van der Waals surface area (Å²) < 4.78 is 11.1. The lowest BCUT2D eigenvalue weighted by Crippen LogP contribution is -2.53. The number of aromatic nitrogens is 2. The molecule has 2 aromatic heterocycles. The molecule has 0 saturated heterocycles. The minimum Gasteiger partial charge on any atom is -0.449 e. The second-order valence-corrected chi connectivity index (χ2v) is 15.1. The smallest absolute Gasteiger partial charge is 0.407 e. The lowest BCUT2D eigenvalue weighted by molar-refractivity contribution is -0.128. The SMILES string of the molecule is Cc1cc(=O)[nH]c2cc(NC(=O)[C@H](CCCCNC(=O)OC(C)(C)C)NC(=O)[C@H](Cc3ccncc3)NC(=O)OCC3c4ccccc4-c4ccccc43)ccc12. The predicted molar refractivity (Wildman–Crippen MR) is 218 cm³/mol. The molecule has 0 unspecified atom stereocenters. The van der Waals surface area contributed by atoms with Crippen molar-refractivity contribution in [3.8, 4) is 11.1 Å². The average molecular weight is 773 g/mol. The largest absolute Gasteiger partial charge is 0.449 e. The van der Waals surface area contributed by atoms with Crippen LogP contribution in [0.25, 0.3) is 22.0 Å². The van der Waals surface area contributed by atoms with Gasteiger partial charge in [-0.05, 0) is 105 Å². The van der Waals surface area contributed by atoms with E-state index in [0.717, 1.165) is 38.8 Å². The number of nitrogens with one attached hydrogen (secondary N) is 5. The van der Waals surface area contributed by atoms with Gasteiger partial charge in [-0.1, -0.05) is 54.6 Å². The van der Waals surface area contributed by atoms with E-state index >= 15 is 0 Å². The Bertz CT molecular complexity index is 2260. The first-order valence-electron chi connectivity index (χ1n) is 19.1. The Balaban J connectivity index is 1.16. The molecule has 0 radical (unpaired) electrons. The molecule has 3 aromatic carbocycles. The van der Waals surface area contributed by atoms with Crippen LogP contribution >= 0.6 is 0 Å². The fourth-order valence-corrected chi connectivity index (χ4v) is 7.01. The van der Waals surface area contributed by atoms with Gasteiger partial charge in [0.05, 0.1) is 5.52 Å². The third-order valence-electron chi connectivity index (χ3n) is 9.68. The Morgan fingerprint density at radius 3 is 2.18 bits per heavy atom. The molecule has 5 aromatic rings. The zero-order valence-corrected chi connectivity index (χ0v) is 32.5. The zero-order valence-electron chi connectivity index (χ0n) is 32.5. The third-order valence-corrected chi connectivity index (χ3v) is 9.68. The summed E-state index contributed by atoms with van der Waals surface area (Å²) in [5, 5.41) is 12.0. The van der Waals surface area contributed by atoms with Crippen molar-refractivity contribution in [2.75, 3.05) is 18.5 Å². The van der Waals surface area contributed by atoms with Gasteiger partial charge in [0.2, 0.25) is 17.4 Å². The number of amides is 4. The Labute approximate surface area is 331 Å².